The number of carbonyl (C=O) groups is 1. The third kappa shape index (κ3) is 4.91. The molecule has 7 heteroatoms. The molecule has 0 aliphatic carbocycles. The Morgan fingerprint density at radius 1 is 1.15 bits per heavy atom. The van der Waals surface area contributed by atoms with Crippen LogP contribution in [0.2, 0.25) is 5.02 Å². The van der Waals surface area contributed by atoms with Gasteiger partial charge >= 0.3 is 0 Å². The number of aromatic amines is 1. The van der Waals surface area contributed by atoms with Crippen molar-refractivity contribution in [3.05, 3.63) is 81.4 Å². The van der Waals surface area contributed by atoms with Gasteiger partial charge in [0.2, 0.25) is 0 Å². The van der Waals surface area contributed by atoms with E-state index in [4.69, 9.17) is 11.6 Å². The van der Waals surface area contributed by atoms with Crippen molar-refractivity contribution in [2.24, 2.45) is 5.10 Å². The molecule has 0 bridgehead atoms. The van der Waals surface area contributed by atoms with E-state index in [0.29, 0.717) is 16.4 Å². The minimum Gasteiger partial charge on any atom is -0.272 e. The quantitative estimate of drug-likeness (QED) is 0.448. The van der Waals surface area contributed by atoms with E-state index in [2.05, 4.69) is 36.7 Å². The number of carbonyl (C=O) groups excluding carboxylic acids is 1. The lowest BCUT2D eigenvalue weighted by molar-refractivity contribution is 0.0950. The summed E-state index contributed by atoms with van der Waals surface area (Å²) in [5.41, 5.74) is 5.31. The summed E-state index contributed by atoms with van der Waals surface area (Å²) in [6.45, 7) is 0. The minimum atomic E-state index is -0.381. The maximum Gasteiger partial charge on any atom is 0.289 e. The van der Waals surface area contributed by atoms with Gasteiger partial charge in [-0.1, -0.05) is 54.1 Å². The second-order valence-electron chi connectivity index (χ2n) is 5.31. The summed E-state index contributed by atoms with van der Waals surface area (Å²) in [6, 6.07) is 18.6. The SMILES string of the molecule is O=C(N/N=C/C(Br)=C/c1ccccc1)c1cc(-c2ccc(Cl)cc2)n[nH]1. The van der Waals surface area contributed by atoms with Crippen LogP contribution in [0.3, 0.4) is 0 Å². The number of hydrazone groups is 1. The number of amides is 1. The average molecular weight is 430 g/mol. The van der Waals surface area contributed by atoms with Gasteiger partial charge in [0.1, 0.15) is 5.69 Å². The van der Waals surface area contributed by atoms with Crippen molar-refractivity contribution in [3.8, 4) is 11.3 Å². The third-order valence-corrected chi connectivity index (χ3v) is 4.11. The van der Waals surface area contributed by atoms with Crippen LogP contribution in [0.4, 0.5) is 0 Å². The molecular formula is C19H14BrClN4O. The molecule has 26 heavy (non-hydrogen) atoms. The van der Waals surface area contributed by atoms with Gasteiger partial charge in [-0.05, 0) is 45.8 Å². The van der Waals surface area contributed by atoms with Crippen molar-refractivity contribution in [1.29, 1.82) is 0 Å². The largest absolute Gasteiger partial charge is 0.289 e. The molecule has 2 aromatic carbocycles. The highest BCUT2D eigenvalue weighted by Crippen LogP contribution is 2.20. The Morgan fingerprint density at radius 2 is 1.88 bits per heavy atom. The number of H-pyrrole nitrogens is 1. The second kappa shape index (κ2) is 8.60. The molecule has 1 amide bonds. The molecule has 1 heterocycles. The normalized spacial score (nSPS) is 11.7. The average Bonchev–Trinajstić information content (AvgIpc) is 3.13. The molecule has 0 radical (unpaired) electrons. The number of hydrogen-bond acceptors (Lipinski definition) is 3. The topological polar surface area (TPSA) is 70.1 Å². The molecule has 1 aromatic heterocycles. The second-order valence-corrected chi connectivity index (χ2v) is 6.66. The van der Waals surface area contributed by atoms with Crippen molar-refractivity contribution >= 4 is 45.7 Å². The number of halogens is 2. The first-order chi connectivity index (χ1) is 12.6. The number of nitrogens with one attached hydrogen (secondary N) is 2. The lowest BCUT2D eigenvalue weighted by atomic mass is 10.1. The summed E-state index contributed by atoms with van der Waals surface area (Å²) in [5.74, 6) is -0.381. The van der Waals surface area contributed by atoms with Crippen LogP contribution in [-0.2, 0) is 0 Å². The number of nitrogens with zero attached hydrogens (tertiary/aromatic N) is 2. The van der Waals surface area contributed by atoms with E-state index >= 15 is 0 Å². The lowest BCUT2D eigenvalue weighted by Crippen LogP contribution is -2.17. The first-order valence-corrected chi connectivity index (χ1v) is 8.86. The van der Waals surface area contributed by atoms with E-state index in [1.165, 1.54) is 6.21 Å². The fraction of sp³-hybridized carbons (Fsp3) is 0. The predicted octanol–water partition coefficient (Wildman–Crippen LogP) is 4.88. The first kappa shape index (κ1) is 18.1. The maximum atomic E-state index is 12.1. The highest BCUT2D eigenvalue weighted by atomic mass is 79.9. The van der Waals surface area contributed by atoms with E-state index in [1.807, 2.05) is 48.5 Å². The summed E-state index contributed by atoms with van der Waals surface area (Å²) in [4.78, 5) is 12.1. The smallest absolute Gasteiger partial charge is 0.272 e. The van der Waals surface area contributed by atoms with Crippen molar-refractivity contribution in [1.82, 2.24) is 15.6 Å². The molecule has 0 atom stereocenters. The molecule has 0 spiro atoms. The fourth-order valence-corrected chi connectivity index (χ4v) is 2.66. The van der Waals surface area contributed by atoms with Crippen molar-refractivity contribution in [3.63, 3.8) is 0 Å². The highest BCUT2D eigenvalue weighted by molar-refractivity contribution is 9.12. The van der Waals surface area contributed by atoms with Crippen molar-refractivity contribution in [2.45, 2.75) is 0 Å². The third-order valence-electron chi connectivity index (χ3n) is 3.42. The number of aromatic nitrogens is 2. The van der Waals surface area contributed by atoms with E-state index in [0.717, 1.165) is 15.6 Å². The first-order valence-electron chi connectivity index (χ1n) is 7.69. The predicted molar refractivity (Wildman–Crippen MR) is 108 cm³/mol. The Balaban J connectivity index is 1.62. The van der Waals surface area contributed by atoms with E-state index in [-0.39, 0.29) is 5.91 Å². The molecular weight excluding hydrogens is 416 g/mol. The molecule has 3 aromatic rings. The van der Waals surface area contributed by atoms with Crippen molar-refractivity contribution < 1.29 is 4.79 Å². The fourth-order valence-electron chi connectivity index (χ4n) is 2.17. The summed E-state index contributed by atoms with van der Waals surface area (Å²) in [7, 11) is 0. The van der Waals surface area contributed by atoms with Gasteiger partial charge in [-0.3, -0.25) is 9.89 Å². The summed E-state index contributed by atoms with van der Waals surface area (Å²) in [5, 5.41) is 11.4. The number of hydrogen-bond donors (Lipinski definition) is 2. The van der Waals surface area contributed by atoms with Gasteiger partial charge in [-0.2, -0.15) is 10.2 Å². The van der Waals surface area contributed by atoms with Gasteiger partial charge in [-0.25, -0.2) is 5.43 Å². The molecule has 3 rings (SSSR count). The molecule has 0 aliphatic rings. The van der Waals surface area contributed by atoms with Crippen molar-refractivity contribution in [2.75, 3.05) is 0 Å². The van der Waals surface area contributed by atoms with E-state index in [9.17, 15) is 4.79 Å². The zero-order valence-corrected chi connectivity index (χ0v) is 15.8. The molecule has 0 unspecified atom stereocenters. The molecule has 130 valence electrons. The van der Waals surface area contributed by atoms with Crippen LogP contribution >= 0.6 is 27.5 Å². The highest BCUT2D eigenvalue weighted by Gasteiger charge is 2.10. The van der Waals surface area contributed by atoms with Gasteiger partial charge in [0.25, 0.3) is 5.91 Å². The zero-order valence-electron chi connectivity index (χ0n) is 13.5. The Morgan fingerprint density at radius 3 is 2.62 bits per heavy atom. The van der Waals surface area contributed by atoms with E-state index in [1.54, 1.807) is 18.2 Å². The van der Waals surface area contributed by atoms with E-state index < -0.39 is 0 Å². The lowest BCUT2D eigenvalue weighted by Gasteiger charge is -1.96. The van der Waals surface area contributed by atoms with Gasteiger partial charge in [0.15, 0.2) is 0 Å². The summed E-state index contributed by atoms with van der Waals surface area (Å²) >= 11 is 9.26. The molecule has 0 saturated heterocycles. The van der Waals surface area contributed by atoms with Crippen LogP contribution in [0.25, 0.3) is 17.3 Å². The van der Waals surface area contributed by atoms with Gasteiger partial charge in [-0.15, -0.1) is 0 Å². The maximum absolute atomic E-state index is 12.1. The van der Waals surface area contributed by atoms with Crippen LogP contribution in [0.15, 0.2) is 70.2 Å². The Kier molecular flexibility index (Phi) is 5.99. The zero-order chi connectivity index (χ0) is 18.4. The minimum absolute atomic E-state index is 0.315. The number of rotatable bonds is 5. The van der Waals surface area contributed by atoms with Crippen LogP contribution in [-0.4, -0.2) is 22.3 Å². The van der Waals surface area contributed by atoms with Crippen LogP contribution < -0.4 is 5.43 Å². The molecule has 5 nitrogen and oxygen atoms in total. The monoisotopic (exact) mass is 428 g/mol. The van der Waals surface area contributed by atoms with Gasteiger partial charge < -0.3 is 0 Å². The Hall–Kier alpha value is -2.70. The summed E-state index contributed by atoms with van der Waals surface area (Å²) < 4.78 is 0.732. The van der Waals surface area contributed by atoms with Gasteiger partial charge in [0.05, 0.1) is 11.9 Å². The summed E-state index contributed by atoms with van der Waals surface area (Å²) in [6.07, 6.45) is 3.41. The number of allylic oxidation sites excluding steroid dienone is 1. The molecule has 0 aliphatic heterocycles. The molecule has 0 saturated carbocycles. The van der Waals surface area contributed by atoms with Crippen LogP contribution in [0, 0.1) is 0 Å². The van der Waals surface area contributed by atoms with Crippen LogP contribution in [0.5, 0.6) is 0 Å². The Bertz CT molecular complexity index is 949. The molecule has 0 fully saturated rings. The number of benzene rings is 2. The Labute approximate surface area is 163 Å². The van der Waals surface area contributed by atoms with Gasteiger partial charge in [0, 0.05) is 15.1 Å². The standard InChI is InChI=1S/C19H14BrClN4O/c20-15(10-13-4-2-1-3-5-13)12-22-25-19(26)18-11-17(23-24-18)14-6-8-16(21)9-7-14/h1-12H,(H,23,24)(H,25,26)/b15-10-,22-12+. The van der Waals surface area contributed by atoms with Crippen LogP contribution in [0.1, 0.15) is 16.1 Å². The molecule has 2 N–H and O–H groups in total.